The lowest BCUT2D eigenvalue weighted by atomic mass is 10.1. The number of esters is 1. The number of ether oxygens (including phenoxy) is 1. The van der Waals surface area contributed by atoms with Crippen molar-refractivity contribution >= 4 is 12.0 Å². The van der Waals surface area contributed by atoms with Crippen LogP contribution in [0.15, 0.2) is 24.3 Å². The molecule has 0 unspecified atom stereocenters. The Kier molecular flexibility index (Phi) is 5.77. The molecule has 1 aliphatic rings. The van der Waals surface area contributed by atoms with Crippen LogP contribution in [0.5, 0.6) is 0 Å². The Bertz CT molecular complexity index is 533. The van der Waals surface area contributed by atoms with E-state index in [4.69, 9.17) is 0 Å². The number of aliphatic hydroxyl groups excluding tert-OH is 1. The van der Waals surface area contributed by atoms with Crippen LogP contribution in [-0.4, -0.2) is 36.9 Å². The maximum atomic E-state index is 11.9. The number of carbonyl (C=O) groups excluding carboxylic acids is 2. The lowest BCUT2D eigenvalue weighted by molar-refractivity contribution is -0.140. The fourth-order valence-corrected chi connectivity index (χ4v) is 2.64. The van der Waals surface area contributed by atoms with E-state index < -0.39 is 6.10 Å². The molecule has 3 N–H and O–H groups in total. The van der Waals surface area contributed by atoms with Gasteiger partial charge in [-0.05, 0) is 24.0 Å². The van der Waals surface area contributed by atoms with Crippen LogP contribution in [-0.2, 0) is 16.0 Å². The van der Waals surface area contributed by atoms with Crippen LogP contribution in [0.25, 0.3) is 0 Å². The first-order chi connectivity index (χ1) is 10.6. The molecular weight excluding hydrogens is 284 g/mol. The number of hydrogen-bond donors (Lipinski definition) is 3. The van der Waals surface area contributed by atoms with Gasteiger partial charge in [0.05, 0.1) is 19.3 Å². The average Bonchev–Trinajstić information content (AvgIpc) is 2.82. The van der Waals surface area contributed by atoms with Gasteiger partial charge < -0.3 is 20.5 Å². The van der Waals surface area contributed by atoms with Crippen LogP contribution < -0.4 is 10.6 Å². The summed E-state index contributed by atoms with van der Waals surface area (Å²) < 4.78 is 4.55. The summed E-state index contributed by atoms with van der Waals surface area (Å²) in [7, 11) is 1.36. The highest BCUT2D eigenvalue weighted by molar-refractivity contribution is 5.74. The highest BCUT2D eigenvalue weighted by Crippen LogP contribution is 2.30. The molecule has 1 aliphatic carbocycles. The Morgan fingerprint density at radius 2 is 2.09 bits per heavy atom. The van der Waals surface area contributed by atoms with Crippen LogP contribution in [0.4, 0.5) is 4.79 Å². The summed E-state index contributed by atoms with van der Waals surface area (Å²) in [6.45, 7) is 0.479. The molecule has 2 atom stereocenters. The molecule has 6 heteroatoms. The molecule has 2 rings (SSSR count). The molecule has 0 spiro atoms. The van der Waals surface area contributed by atoms with Crippen molar-refractivity contribution in [1.82, 2.24) is 10.6 Å². The van der Waals surface area contributed by atoms with Gasteiger partial charge in [-0.3, -0.25) is 4.79 Å². The second-order valence-electron chi connectivity index (χ2n) is 5.38. The van der Waals surface area contributed by atoms with Gasteiger partial charge in [0.15, 0.2) is 0 Å². The number of amides is 2. The number of aliphatic hydroxyl groups is 1. The second kappa shape index (κ2) is 7.79. The Morgan fingerprint density at radius 3 is 2.86 bits per heavy atom. The molecule has 0 bridgehead atoms. The number of urea groups is 1. The predicted octanol–water partition coefficient (Wildman–Crippen LogP) is 1.29. The van der Waals surface area contributed by atoms with Crippen LogP contribution >= 0.6 is 0 Å². The molecule has 0 radical (unpaired) electrons. The number of nitrogens with one attached hydrogen (secondary N) is 2. The molecule has 1 aromatic rings. The Hall–Kier alpha value is -2.08. The molecule has 0 heterocycles. The molecule has 1 aromatic carbocycles. The van der Waals surface area contributed by atoms with Gasteiger partial charge in [0.25, 0.3) is 0 Å². The van der Waals surface area contributed by atoms with E-state index in [9.17, 15) is 14.7 Å². The summed E-state index contributed by atoms with van der Waals surface area (Å²) in [5.74, 6) is -0.241. The van der Waals surface area contributed by atoms with Crippen molar-refractivity contribution in [2.75, 3.05) is 13.7 Å². The number of unbranched alkanes of at least 4 members (excludes halogenated alkanes) is 1. The van der Waals surface area contributed by atoms with Crippen molar-refractivity contribution in [3.8, 4) is 0 Å². The maximum Gasteiger partial charge on any atom is 0.315 e. The molecule has 2 amide bonds. The van der Waals surface area contributed by atoms with Crippen molar-refractivity contribution in [1.29, 1.82) is 0 Å². The van der Waals surface area contributed by atoms with Crippen LogP contribution in [0.2, 0.25) is 0 Å². The van der Waals surface area contributed by atoms with Crippen LogP contribution in [0.3, 0.4) is 0 Å². The quantitative estimate of drug-likeness (QED) is 0.546. The highest BCUT2D eigenvalue weighted by Gasteiger charge is 2.31. The summed E-state index contributed by atoms with van der Waals surface area (Å²) in [6.07, 6.45) is 1.69. The smallest absolute Gasteiger partial charge is 0.315 e. The Balaban J connectivity index is 1.72. The zero-order chi connectivity index (χ0) is 15.9. The van der Waals surface area contributed by atoms with Crippen molar-refractivity contribution in [3.63, 3.8) is 0 Å². The molecule has 0 saturated carbocycles. The van der Waals surface area contributed by atoms with Gasteiger partial charge in [0, 0.05) is 19.4 Å². The first-order valence-corrected chi connectivity index (χ1v) is 7.49. The van der Waals surface area contributed by atoms with Crippen LogP contribution in [0.1, 0.15) is 36.4 Å². The summed E-state index contributed by atoms with van der Waals surface area (Å²) in [5, 5.41) is 15.6. The van der Waals surface area contributed by atoms with E-state index in [1.165, 1.54) is 7.11 Å². The van der Waals surface area contributed by atoms with E-state index >= 15 is 0 Å². The third kappa shape index (κ3) is 4.21. The molecule has 22 heavy (non-hydrogen) atoms. The highest BCUT2D eigenvalue weighted by atomic mass is 16.5. The standard InChI is InChI=1S/C16H22N2O4/c1-22-14(20)8-4-5-9-17-16(21)18-15-12-7-3-2-6-11(12)10-13(15)19/h2-3,6-7,13,15,19H,4-5,8-10H2,1H3,(H2,17,18,21)/t13-,15+/m1/s1. The molecule has 0 fully saturated rings. The van der Waals surface area contributed by atoms with E-state index in [0.717, 1.165) is 11.1 Å². The number of fused-ring (bicyclic) bond motifs is 1. The number of rotatable bonds is 6. The van der Waals surface area contributed by atoms with E-state index in [2.05, 4.69) is 15.4 Å². The van der Waals surface area contributed by atoms with Crippen molar-refractivity contribution in [2.45, 2.75) is 37.8 Å². The first kappa shape index (κ1) is 16.3. The third-order valence-electron chi connectivity index (χ3n) is 3.81. The van der Waals surface area contributed by atoms with Gasteiger partial charge in [0.1, 0.15) is 0 Å². The largest absolute Gasteiger partial charge is 0.469 e. The fraction of sp³-hybridized carbons (Fsp3) is 0.500. The minimum Gasteiger partial charge on any atom is -0.469 e. The minimum absolute atomic E-state index is 0.241. The Labute approximate surface area is 129 Å². The van der Waals surface area contributed by atoms with Crippen molar-refractivity contribution in [2.24, 2.45) is 0 Å². The lowest BCUT2D eigenvalue weighted by Gasteiger charge is -2.18. The molecule has 0 aromatic heterocycles. The van der Waals surface area contributed by atoms with Crippen molar-refractivity contribution in [3.05, 3.63) is 35.4 Å². The fourth-order valence-electron chi connectivity index (χ4n) is 2.64. The maximum absolute atomic E-state index is 11.9. The normalized spacial score (nSPS) is 19.4. The SMILES string of the molecule is COC(=O)CCCCNC(=O)N[C@H]1c2ccccc2C[C@H]1O. The monoisotopic (exact) mass is 306 g/mol. The second-order valence-corrected chi connectivity index (χ2v) is 5.38. The van der Waals surface area contributed by atoms with E-state index in [1.54, 1.807) is 0 Å². The number of carbonyl (C=O) groups is 2. The topological polar surface area (TPSA) is 87.7 Å². The van der Waals surface area contributed by atoms with Gasteiger partial charge in [-0.25, -0.2) is 4.79 Å². The van der Waals surface area contributed by atoms with E-state index in [-0.39, 0.29) is 18.0 Å². The number of hydrogen-bond acceptors (Lipinski definition) is 4. The zero-order valence-electron chi connectivity index (χ0n) is 12.7. The molecular formula is C16H22N2O4. The average molecular weight is 306 g/mol. The number of benzene rings is 1. The predicted molar refractivity (Wildman–Crippen MR) is 81.3 cm³/mol. The molecule has 0 aliphatic heterocycles. The summed E-state index contributed by atoms with van der Waals surface area (Å²) in [6, 6.07) is 7.04. The van der Waals surface area contributed by atoms with Gasteiger partial charge in [-0.15, -0.1) is 0 Å². The molecule has 120 valence electrons. The van der Waals surface area contributed by atoms with E-state index in [0.29, 0.717) is 32.2 Å². The summed E-state index contributed by atoms with van der Waals surface area (Å²) in [4.78, 5) is 22.8. The van der Waals surface area contributed by atoms with Gasteiger partial charge in [0.2, 0.25) is 0 Å². The van der Waals surface area contributed by atoms with Gasteiger partial charge >= 0.3 is 12.0 Å². The van der Waals surface area contributed by atoms with Gasteiger partial charge in [-0.2, -0.15) is 0 Å². The van der Waals surface area contributed by atoms with Gasteiger partial charge in [-0.1, -0.05) is 24.3 Å². The summed E-state index contributed by atoms with van der Waals surface area (Å²) in [5.41, 5.74) is 2.04. The lowest BCUT2D eigenvalue weighted by Crippen LogP contribution is -2.41. The minimum atomic E-state index is -0.595. The van der Waals surface area contributed by atoms with Crippen molar-refractivity contribution < 1.29 is 19.4 Å². The van der Waals surface area contributed by atoms with Crippen LogP contribution in [0, 0.1) is 0 Å². The number of methoxy groups -OCH3 is 1. The molecule has 0 saturated heterocycles. The third-order valence-corrected chi connectivity index (χ3v) is 3.81. The van der Waals surface area contributed by atoms with E-state index in [1.807, 2.05) is 24.3 Å². The zero-order valence-corrected chi connectivity index (χ0v) is 12.7. The summed E-state index contributed by atoms with van der Waals surface area (Å²) >= 11 is 0. The molecule has 6 nitrogen and oxygen atoms in total. The Morgan fingerprint density at radius 1 is 1.32 bits per heavy atom. The first-order valence-electron chi connectivity index (χ1n) is 7.49.